The van der Waals surface area contributed by atoms with Crippen molar-refractivity contribution in [1.29, 1.82) is 0 Å². The van der Waals surface area contributed by atoms with E-state index in [1.165, 1.54) is 18.1 Å². The van der Waals surface area contributed by atoms with E-state index in [4.69, 9.17) is 9.84 Å². The fourth-order valence-electron chi connectivity index (χ4n) is 1.41. The van der Waals surface area contributed by atoms with E-state index in [0.717, 1.165) is 0 Å². The minimum atomic E-state index is -0.579. The highest BCUT2D eigenvalue weighted by Gasteiger charge is 2.23. The molecule has 1 heterocycles. The molecule has 2 atom stereocenters. The van der Waals surface area contributed by atoms with Crippen LogP contribution in [0.5, 0.6) is 0 Å². The van der Waals surface area contributed by atoms with Crippen molar-refractivity contribution in [2.45, 2.75) is 19.3 Å². The quantitative estimate of drug-likeness (QED) is 0.381. The summed E-state index contributed by atoms with van der Waals surface area (Å²) >= 11 is 0. The minimum absolute atomic E-state index is 0.141. The monoisotopic (exact) mass is 240 g/mol. The van der Waals surface area contributed by atoms with Gasteiger partial charge in [-0.1, -0.05) is 6.08 Å². The normalized spacial score (nSPS) is 23.6. The molecule has 0 bridgehead atoms. The van der Waals surface area contributed by atoms with Crippen LogP contribution in [0.3, 0.4) is 0 Å². The number of rotatable bonds is 5. The lowest BCUT2D eigenvalue weighted by atomic mass is 10.3. The highest BCUT2D eigenvalue weighted by molar-refractivity contribution is 5.92. The molecule has 1 aliphatic heterocycles. The van der Waals surface area contributed by atoms with E-state index in [-0.39, 0.29) is 12.5 Å². The number of nitrogens with zero attached hydrogens (tertiary/aromatic N) is 1. The molecule has 0 aliphatic carbocycles. The van der Waals surface area contributed by atoms with E-state index in [0.29, 0.717) is 12.0 Å². The van der Waals surface area contributed by atoms with Crippen molar-refractivity contribution in [3.8, 4) is 0 Å². The fraction of sp³-hybridized carbons (Fsp3) is 0.455. The van der Waals surface area contributed by atoms with Crippen molar-refractivity contribution in [3.05, 3.63) is 23.9 Å². The van der Waals surface area contributed by atoms with Crippen LogP contribution in [0.4, 0.5) is 0 Å². The van der Waals surface area contributed by atoms with Crippen LogP contribution in [0, 0.1) is 0 Å². The second-order valence-electron chi connectivity index (χ2n) is 3.58. The first-order valence-electron chi connectivity index (χ1n) is 5.20. The molecule has 2 N–H and O–H groups in total. The van der Waals surface area contributed by atoms with Gasteiger partial charge in [-0.25, -0.2) is 0 Å². The average molecular weight is 240 g/mol. The number of hydrogen-bond donors (Lipinski definition) is 2. The molecule has 2 amide bonds. The molecule has 0 spiro atoms. The molecule has 0 fully saturated rings. The maximum atomic E-state index is 11.3. The average Bonchev–Trinajstić information content (AvgIpc) is 2.83. The van der Waals surface area contributed by atoms with Gasteiger partial charge in [0.1, 0.15) is 6.10 Å². The third-order valence-corrected chi connectivity index (χ3v) is 2.33. The predicted octanol–water partition coefficient (Wildman–Crippen LogP) is -0.632. The molecule has 94 valence electrons. The molecule has 17 heavy (non-hydrogen) atoms. The van der Waals surface area contributed by atoms with Crippen LogP contribution in [-0.4, -0.2) is 48.3 Å². The van der Waals surface area contributed by atoms with E-state index < -0.39 is 12.3 Å². The zero-order chi connectivity index (χ0) is 12.8. The van der Waals surface area contributed by atoms with Crippen molar-refractivity contribution in [1.82, 2.24) is 10.2 Å². The number of carbonyl (C=O) groups excluding carboxylic acids is 2. The van der Waals surface area contributed by atoms with Gasteiger partial charge in [-0.05, 0) is 13.0 Å². The number of likely N-dealkylation sites (N-methyl/N-ethyl adjacent to an activating group) is 1. The van der Waals surface area contributed by atoms with Crippen LogP contribution in [0.15, 0.2) is 23.9 Å². The summed E-state index contributed by atoms with van der Waals surface area (Å²) in [4.78, 5) is 23.4. The van der Waals surface area contributed by atoms with Crippen molar-refractivity contribution in [2.75, 3.05) is 13.7 Å². The molecule has 0 aromatic heterocycles. The van der Waals surface area contributed by atoms with E-state index in [1.54, 1.807) is 19.1 Å². The molecule has 1 rings (SSSR count). The standard InChI is InChI=1S/C11H16N2O4/c1-8(11(16)12-2)5-13(7-15)10-4-3-9(6-14)17-10/h3-5,7,9-10,14H,6H2,1-2H3,(H,12,16)/b8-5-. The largest absolute Gasteiger partial charge is 0.393 e. The van der Waals surface area contributed by atoms with E-state index in [1.807, 2.05) is 0 Å². The molecule has 0 radical (unpaired) electrons. The Bertz CT molecular complexity index is 351. The molecule has 0 aromatic rings. The Balaban J connectivity index is 2.70. The summed E-state index contributed by atoms with van der Waals surface area (Å²) in [6.45, 7) is 1.45. The maximum Gasteiger partial charge on any atom is 0.248 e. The Labute approximate surface area is 99.5 Å². The smallest absolute Gasteiger partial charge is 0.248 e. The molecule has 0 aromatic carbocycles. The topological polar surface area (TPSA) is 78.9 Å². The molecular formula is C11H16N2O4. The summed E-state index contributed by atoms with van der Waals surface area (Å²) in [7, 11) is 1.51. The first-order chi connectivity index (χ1) is 8.12. The van der Waals surface area contributed by atoms with Gasteiger partial charge in [0.05, 0.1) is 6.61 Å². The zero-order valence-corrected chi connectivity index (χ0v) is 9.79. The fourth-order valence-corrected chi connectivity index (χ4v) is 1.41. The van der Waals surface area contributed by atoms with Gasteiger partial charge in [0.2, 0.25) is 12.3 Å². The Kier molecular flexibility index (Phi) is 4.86. The molecular weight excluding hydrogens is 224 g/mol. The Morgan fingerprint density at radius 3 is 2.76 bits per heavy atom. The van der Waals surface area contributed by atoms with Crippen LogP contribution in [0.2, 0.25) is 0 Å². The number of aliphatic hydroxyl groups excluding tert-OH is 1. The lowest BCUT2D eigenvalue weighted by Crippen LogP contribution is -2.32. The lowest BCUT2D eigenvalue weighted by Gasteiger charge is -2.21. The zero-order valence-electron chi connectivity index (χ0n) is 9.79. The summed E-state index contributed by atoms with van der Waals surface area (Å²) in [5, 5.41) is 11.3. The number of amides is 2. The maximum absolute atomic E-state index is 11.3. The van der Waals surface area contributed by atoms with Crippen LogP contribution < -0.4 is 5.32 Å². The first-order valence-corrected chi connectivity index (χ1v) is 5.20. The Hall–Kier alpha value is -1.66. The highest BCUT2D eigenvalue weighted by atomic mass is 16.5. The second-order valence-corrected chi connectivity index (χ2v) is 3.58. The van der Waals surface area contributed by atoms with Crippen molar-refractivity contribution in [3.63, 3.8) is 0 Å². The Morgan fingerprint density at radius 2 is 2.29 bits per heavy atom. The van der Waals surface area contributed by atoms with Crippen LogP contribution >= 0.6 is 0 Å². The van der Waals surface area contributed by atoms with Gasteiger partial charge < -0.3 is 15.2 Å². The number of ether oxygens (including phenoxy) is 1. The van der Waals surface area contributed by atoms with Crippen molar-refractivity contribution >= 4 is 12.3 Å². The molecule has 1 aliphatic rings. The summed E-state index contributed by atoms with van der Waals surface area (Å²) in [6.07, 6.45) is 4.31. The highest BCUT2D eigenvalue weighted by Crippen LogP contribution is 2.15. The van der Waals surface area contributed by atoms with Crippen LogP contribution in [0.1, 0.15) is 6.92 Å². The van der Waals surface area contributed by atoms with E-state index >= 15 is 0 Å². The van der Waals surface area contributed by atoms with Crippen LogP contribution in [-0.2, 0) is 14.3 Å². The summed E-state index contributed by atoms with van der Waals surface area (Å²) < 4.78 is 5.34. The van der Waals surface area contributed by atoms with Gasteiger partial charge in [-0.2, -0.15) is 0 Å². The van der Waals surface area contributed by atoms with E-state index in [9.17, 15) is 9.59 Å². The predicted molar refractivity (Wildman–Crippen MR) is 60.6 cm³/mol. The van der Waals surface area contributed by atoms with Gasteiger partial charge in [-0.3, -0.25) is 14.5 Å². The molecule has 0 saturated carbocycles. The Morgan fingerprint density at radius 1 is 1.59 bits per heavy atom. The number of aliphatic hydroxyl groups is 1. The molecule has 0 saturated heterocycles. The number of carbonyl (C=O) groups is 2. The van der Waals surface area contributed by atoms with Gasteiger partial charge in [0.25, 0.3) is 0 Å². The van der Waals surface area contributed by atoms with Crippen LogP contribution in [0.25, 0.3) is 0 Å². The second kappa shape index (κ2) is 6.17. The molecule has 6 nitrogen and oxygen atoms in total. The molecule has 6 heteroatoms. The van der Waals surface area contributed by atoms with Gasteiger partial charge in [-0.15, -0.1) is 0 Å². The van der Waals surface area contributed by atoms with Gasteiger partial charge in [0, 0.05) is 18.8 Å². The van der Waals surface area contributed by atoms with Gasteiger partial charge >= 0.3 is 0 Å². The summed E-state index contributed by atoms with van der Waals surface area (Å²) in [5.74, 6) is -0.266. The number of nitrogens with one attached hydrogen (secondary N) is 1. The SMILES string of the molecule is CNC(=O)/C(C)=C\N(C=O)C1C=CC(CO)O1. The third-order valence-electron chi connectivity index (χ3n) is 2.33. The third kappa shape index (κ3) is 3.40. The van der Waals surface area contributed by atoms with Crippen molar-refractivity contribution in [2.24, 2.45) is 0 Å². The first kappa shape index (κ1) is 13.4. The summed E-state index contributed by atoms with van der Waals surface area (Å²) in [6, 6.07) is 0. The minimum Gasteiger partial charge on any atom is -0.393 e. The lowest BCUT2D eigenvalue weighted by molar-refractivity contribution is -0.125. The molecule has 2 unspecified atom stereocenters. The number of hydrogen-bond acceptors (Lipinski definition) is 4. The van der Waals surface area contributed by atoms with E-state index in [2.05, 4.69) is 5.32 Å². The van der Waals surface area contributed by atoms with Crippen molar-refractivity contribution < 1.29 is 19.4 Å². The summed E-state index contributed by atoms with van der Waals surface area (Å²) in [5.41, 5.74) is 0.393. The van der Waals surface area contributed by atoms with Gasteiger partial charge in [0.15, 0.2) is 6.23 Å².